The zero-order chi connectivity index (χ0) is 28.1. The second-order valence-electron chi connectivity index (χ2n) is 10.2. The summed E-state index contributed by atoms with van der Waals surface area (Å²) in [6, 6.07) is 19.7. The molecular formula is C32H33FN2O5. The summed E-state index contributed by atoms with van der Waals surface area (Å²) in [6.45, 7) is 6.50. The minimum atomic E-state index is -0.817. The van der Waals surface area contributed by atoms with Gasteiger partial charge in [0.2, 0.25) is 0 Å². The first kappa shape index (κ1) is 27.6. The van der Waals surface area contributed by atoms with Crippen LogP contribution in [0.2, 0.25) is 0 Å². The monoisotopic (exact) mass is 544 g/mol. The van der Waals surface area contributed by atoms with E-state index in [1.165, 1.54) is 17.0 Å². The molecule has 0 bridgehead atoms. The number of benzene rings is 3. The van der Waals surface area contributed by atoms with Crippen LogP contribution in [0.5, 0.6) is 5.75 Å². The summed E-state index contributed by atoms with van der Waals surface area (Å²) in [6.07, 6.45) is 0.651. The molecule has 0 spiro atoms. The molecule has 0 radical (unpaired) electrons. The van der Waals surface area contributed by atoms with Gasteiger partial charge in [-0.05, 0) is 60.9 Å². The van der Waals surface area contributed by atoms with Crippen LogP contribution in [-0.2, 0) is 20.9 Å². The van der Waals surface area contributed by atoms with Crippen LogP contribution in [0.25, 0.3) is 5.76 Å². The van der Waals surface area contributed by atoms with E-state index < -0.39 is 23.5 Å². The van der Waals surface area contributed by atoms with E-state index in [0.717, 1.165) is 30.8 Å². The Balaban J connectivity index is 1.38. The molecule has 7 nitrogen and oxygen atoms in total. The number of ketones is 1. The van der Waals surface area contributed by atoms with Gasteiger partial charge in [0.05, 0.1) is 24.8 Å². The fourth-order valence-electron chi connectivity index (χ4n) is 5.22. The molecule has 1 unspecified atom stereocenters. The van der Waals surface area contributed by atoms with Gasteiger partial charge in [-0.1, -0.05) is 42.0 Å². The third-order valence-electron chi connectivity index (χ3n) is 7.32. The molecule has 2 saturated heterocycles. The summed E-state index contributed by atoms with van der Waals surface area (Å²) < 4.78 is 25.0. The van der Waals surface area contributed by atoms with E-state index in [1.54, 1.807) is 36.4 Å². The van der Waals surface area contributed by atoms with Gasteiger partial charge in [0.1, 0.15) is 23.9 Å². The Hall–Kier alpha value is -4.01. The van der Waals surface area contributed by atoms with Crippen LogP contribution < -0.4 is 4.74 Å². The molecule has 2 aliphatic rings. The molecular weight excluding hydrogens is 511 g/mol. The highest BCUT2D eigenvalue weighted by Crippen LogP contribution is 2.39. The molecule has 2 aliphatic heterocycles. The first-order valence-electron chi connectivity index (χ1n) is 13.5. The predicted molar refractivity (Wildman–Crippen MR) is 149 cm³/mol. The van der Waals surface area contributed by atoms with Crippen molar-refractivity contribution in [3.05, 3.63) is 106 Å². The molecule has 2 heterocycles. The Morgan fingerprint density at radius 3 is 2.42 bits per heavy atom. The van der Waals surface area contributed by atoms with E-state index in [2.05, 4.69) is 11.0 Å². The molecule has 2 fully saturated rings. The van der Waals surface area contributed by atoms with Gasteiger partial charge in [0, 0.05) is 31.7 Å². The second-order valence-corrected chi connectivity index (χ2v) is 10.2. The normalized spacial score (nSPS) is 19.2. The number of carbonyl (C=O) groups is 2. The number of aliphatic hydroxyl groups excluding tert-OH is 1. The average Bonchev–Trinajstić information content (AvgIpc) is 3.22. The lowest BCUT2D eigenvalue weighted by molar-refractivity contribution is -0.140. The number of morpholine rings is 1. The smallest absolute Gasteiger partial charge is 0.295 e. The molecule has 8 heteroatoms. The summed E-state index contributed by atoms with van der Waals surface area (Å²) in [5, 5.41) is 11.3. The van der Waals surface area contributed by atoms with Gasteiger partial charge in [-0.15, -0.1) is 0 Å². The van der Waals surface area contributed by atoms with Crippen molar-refractivity contribution < 1.29 is 28.6 Å². The number of carbonyl (C=O) groups excluding carboxylic acids is 2. The van der Waals surface area contributed by atoms with E-state index in [1.807, 2.05) is 25.1 Å². The number of Topliss-reactive ketones (excluding diaryl/α,β-unsaturated/α-hetero) is 1. The molecule has 5 rings (SSSR count). The SMILES string of the molecule is Cc1cccc(COc2ccc(C(O)=C3C(=O)C(=O)N(CCCN4CCOCC4)C3c3ccc(F)cc3)cc2)c1. The fraction of sp³-hybridized carbons (Fsp3) is 0.312. The number of rotatable bonds is 9. The van der Waals surface area contributed by atoms with Crippen LogP contribution in [0.3, 0.4) is 0 Å². The molecule has 0 saturated carbocycles. The first-order valence-corrected chi connectivity index (χ1v) is 13.5. The van der Waals surface area contributed by atoms with Crippen LogP contribution in [0, 0.1) is 12.7 Å². The standard InChI is InChI=1S/C32H33FN2O5/c1-22-4-2-5-23(20-22)21-40-27-12-8-25(9-13-27)30(36)28-29(24-6-10-26(33)11-7-24)35(32(38)31(28)37)15-3-14-34-16-18-39-19-17-34/h2,4-13,20,29,36H,3,14-19,21H2,1H3. The maximum atomic E-state index is 13.7. The number of hydrogen-bond acceptors (Lipinski definition) is 6. The summed E-state index contributed by atoms with van der Waals surface area (Å²) in [7, 11) is 0. The zero-order valence-corrected chi connectivity index (χ0v) is 22.5. The topological polar surface area (TPSA) is 79.3 Å². The van der Waals surface area contributed by atoms with Crippen LogP contribution in [0.1, 0.15) is 34.7 Å². The average molecular weight is 545 g/mol. The lowest BCUT2D eigenvalue weighted by Crippen LogP contribution is -2.38. The van der Waals surface area contributed by atoms with Gasteiger partial charge in [-0.2, -0.15) is 0 Å². The summed E-state index contributed by atoms with van der Waals surface area (Å²) >= 11 is 0. The van der Waals surface area contributed by atoms with Crippen LogP contribution >= 0.6 is 0 Å². The molecule has 208 valence electrons. The van der Waals surface area contributed by atoms with E-state index >= 15 is 0 Å². The number of likely N-dealkylation sites (tertiary alicyclic amines) is 1. The van der Waals surface area contributed by atoms with Crippen molar-refractivity contribution in [3.63, 3.8) is 0 Å². The highest BCUT2D eigenvalue weighted by Gasteiger charge is 2.45. The molecule has 1 atom stereocenters. The maximum Gasteiger partial charge on any atom is 0.295 e. The minimum absolute atomic E-state index is 0.00332. The van der Waals surface area contributed by atoms with Crippen molar-refractivity contribution in [2.75, 3.05) is 39.4 Å². The van der Waals surface area contributed by atoms with Crippen LogP contribution in [-0.4, -0.2) is 66.0 Å². The number of aryl methyl sites for hydroxylation is 1. The Morgan fingerprint density at radius 1 is 1.00 bits per heavy atom. The van der Waals surface area contributed by atoms with Gasteiger partial charge in [-0.25, -0.2) is 4.39 Å². The first-order chi connectivity index (χ1) is 19.4. The Kier molecular flexibility index (Phi) is 8.57. The quantitative estimate of drug-likeness (QED) is 0.236. The molecule has 1 N–H and O–H groups in total. The molecule has 0 aromatic heterocycles. The van der Waals surface area contributed by atoms with Crippen molar-refractivity contribution in [2.45, 2.75) is 26.0 Å². The maximum absolute atomic E-state index is 13.7. The molecule has 1 amide bonds. The number of halogens is 1. The molecule has 0 aliphatic carbocycles. The van der Waals surface area contributed by atoms with Crippen molar-refractivity contribution in [1.82, 2.24) is 9.80 Å². The Morgan fingerprint density at radius 2 is 1.73 bits per heavy atom. The lowest BCUT2D eigenvalue weighted by atomic mass is 9.95. The summed E-state index contributed by atoms with van der Waals surface area (Å²) in [4.78, 5) is 30.2. The third-order valence-corrected chi connectivity index (χ3v) is 7.32. The van der Waals surface area contributed by atoms with Crippen molar-refractivity contribution >= 4 is 17.4 Å². The van der Waals surface area contributed by atoms with Gasteiger partial charge in [-0.3, -0.25) is 14.5 Å². The fourth-order valence-corrected chi connectivity index (χ4v) is 5.22. The molecule has 40 heavy (non-hydrogen) atoms. The number of amides is 1. The van der Waals surface area contributed by atoms with E-state index in [4.69, 9.17) is 9.47 Å². The second kappa shape index (κ2) is 12.4. The number of nitrogens with zero attached hydrogens (tertiary/aromatic N) is 2. The molecule has 3 aromatic carbocycles. The Labute approximate surface area is 233 Å². The summed E-state index contributed by atoms with van der Waals surface area (Å²) in [5.74, 6) is -1.51. The van der Waals surface area contributed by atoms with E-state index in [0.29, 0.717) is 49.7 Å². The largest absolute Gasteiger partial charge is 0.507 e. The van der Waals surface area contributed by atoms with Crippen LogP contribution in [0.15, 0.2) is 78.4 Å². The highest BCUT2D eigenvalue weighted by molar-refractivity contribution is 6.46. The number of aliphatic hydroxyl groups is 1. The Bertz CT molecular complexity index is 1380. The van der Waals surface area contributed by atoms with Crippen molar-refractivity contribution in [1.29, 1.82) is 0 Å². The van der Waals surface area contributed by atoms with Crippen molar-refractivity contribution in [3.8, 4) is 5.75 Å². The number of ether oxygens (including phenoxy) is 2. The zero-order valence-electron chi connectivity index (χ0n) is 22.5. The van der Waals surface area contributed by atoms with E-state index in [9.17, 15) is 19.1 Å². The van der Waals surface area contributed by atoms with Crippen molar-refractivity contribution in [2.24, 2.45) is 0 Å². The van der Waals surface area contributed by atoms with Gasteiger partial charge < -0.3 is 19.5 Å². The van der Waals surface area contributed by atoms with Crippen LogP contribution in [0.4, 0.5) is 4.39 Å². The van der Waals surface area contributed by atoms with Gasteiger partial charge >= 0.3 is 0 Å². The number of hydrogen-bond donors (Lipinski definition) is 1. The summed E-state index contributed by atoms with van der Waals surface area (Å²) in [5.41, 5.74) is 3.14. The predicted octanol–water partition coefficient (Wildman–Crippen LogP) is 4.86. The third kappa shape index (κ3) is 6.24. The molecule has 3 aromatic rings. The van der Waals surface area contributed by atoms with Gasteiger partial charge in [0.15, 0.2) is 0 Å². The highest BCUT2D eigenvalue weighted by atomic mass is 19.1. The van der Waals surface area contributed by atoms with E-state index in [-0.39, 0.29) is 11.3 Å². The van der Waals surface area contributed by atoms with Gasteiger partial charge in [0.25, 0.3) is 11.7 Å². The lowest BCUT2D eigenvalue weighted by Gasteiger charge is -2.29. The minimum Gasteiger partial charge on any atom is -0.507 e.